The zero-order valence-electron chi connectivity index (χ0n) is 11.9. The van der Waals surface area contributed by atoms with E-state index in [9.17, 15) is 0 Å². The molecular formula is C15H26N2O. The molecule has 0 spiro atoms. The maximum atomic E-state index is 5.91. The fourth-order valence-electron chi connectivity index (χ4n) is 1.96. The smallest absolute Gasteiger partial charge is 0.218 e. The van der Waals surface area contributed by atoms with Gasteiger partial charge >= 0.3 is 0 Å². The predicted octanol–water partition coefficient (Wildman–Crippen LogP) is 3.84. The first-order chi connectivity index (χ1) is 8.65. The third-order valence-electron chi connectivity index (χ3n) is 3.07. The monoisotopic (exact) mass is 250 g/mol. The summed E-state index contributed by atoms with van der Waals surface area (Å²) in [6.45, 7) is 6.28. The Kier molecular flexibility index (Phi) is 6.73. The number of ether oxygens (including phenoxy) is 1. The summed E-state index contributed by atoms with van der Waals surface area (Å²) in [6.07, 6.45) is 8.11. The Hall–Kier alpha value is -1.09. The first-order valence-corrected chi connectivity index (χ1v) is 7.02. The molecule has 0 radical (unpaired) electrons. The molecule has 102 valence electrons. The van der Waals surface area contributed by atoms with E-state index < -0.39 is 0 Å². The van der Waals surface area contributed by atoms with Crippen LogP contribution in [0.15, 0.2) is 18.3 Å². The van der Waals surface area contributed by atoms with Crippen LogP contribution < -0.4 is 10.5 Å². The van der Waals surface area contributed by atoms with Gasteiger partial charge in [0.2, 0.25) is 5.88 Å². The van der Waals surface area contributed by atoms with Gasteiger partial charge in [0, 0.05) is 17.8 Å². The van der Waals surface area contributed by atoms with Gasteiger partial charge in [0.05, 0.1) is 6.10 Å². The second kappa shape index (κ2) is 8.09. The van der Waals surface area contributed by atoms with E-state index in [1.165, 1.54) is 25.7 Å². The van der Waals surface area contributed by atoms with E-state index in [-0.39, 0.29) is 12.1 Å². The van der Waals surface area contributed by atoms with Gasteiger partial charge in [-0.15, -0.1) is 0 Å². The molecule has 3 heteroatoms. The van der Waals surface area contributed by atoms with E-state index in [4.69, 9.17) is 10.5 Å². The van der Waals surface area contributed by atoms with Crippen molar-refractivity contribution in [2.45, 2.75) is 65.0 Å². The Morgan fingerprint density at radius 1 is 1.28 bits per heavy atom. The van der Waals surface area contributed by atoms with Crippen LogP contribution in [0, 0.1) is 0 Å². The first kappa shape index (κ1) is 15.0. The first-order valence-electron chi connectivity index (χ1n) is 7.02. The third-order valence-corrected chi connectivity index (χ3v) is 3.07. The molecule has 0 saturated heterocycles. The second-order valence-electron chi connectivity index (χ2n) is 4.96. The van der Waals surface area contributed by atoms with Crippen molar-refractivity contribution in [3.8, 4) is 5.88 Å². The number of nitrogens with two attached hydrogens (primary N) is 1. The minimum atomic E-state index is -0.0407. The molecule has 0 aliphatic carbocycles. The van der Waals surface area contributed by atoms with Gasteiger partial charge < -0.3 is 10.5 Å². The van der Waals surface area contributed by atoms with E-state index in [0.717, 1.165) is 12.0 Å². The number of pyridine rings is 1. The van der Waals surface area contributed by atoms with Gasteiger partial charge in [0.15, 0.2) is 0 Å². The number of hydrogen-bond donors (Lipinski definition) is 1. The van der Waals surface area contributed by atoms with Gasteiger partial charge in [-0.2, -0.15) is 0 Å². The van der Waals surface area contributed by atoms with E-state index in [2.05, 4.69) is 18.8 Å². The number of rotatable bonds is 8. The Morgan fingerprint density at radius 2 is 2.06 bits per heavy atom. The van der Waals surface area contributed by atoms with E-state index in [1.54, 1.807) is 6.20 Å². The molecule has 0 amide bonds. The highest BCUT2D eigenvalue weighted by molar-refractivity contribution is 5.28. The summed E-state index contributed by atoms with van der Waals surface area (Å²) in [7, 11) is 0. The molecule has 2 N–H and O–H groups in total. The number of aromatic nitrogens is 1. The topological polar surface area (TPSA) is 48.1 Å². The number of nitrogens with zero attached hydrogens (tertiary/aromatic N) is 1. The van der Waals surface area contributed by atoms with E-state index >= 15 is 0 Å². The molecule has 0 aromatic carbocycles. The minimum absolute atomic E-state index is 0.0407. The summed E-state index contributed by atoms with van der Waals surface area (Å²) >= 11 is 0. The predicted molar refractivity (Wildman–Crippen MR) is 75.7 cm³/mol. The summed E-state index contributed by atoms with van der Waals surface area (Å²) in [4.78, 5) is 4.28. The summed E-state index contributed by atoms with van der Waals surface area (Å²) in [5.74, 6) is 0.690. The zero-order chi connectivity index (χ0) is 13.4. The molecule has 3 nitrogen and oxygen atoms in total. The fraction of sp³-hybridized carbons (Fsp3) is 0.667. The molecule has 0 saturated carbocycles. The molecule has 2 unspecified atom stereocenters. The summed E-state index contributed by atoms with van der Waals surface area (Å²) < 4.78 is 5.90. The lowest BCUT2D eigenvalue weighted by atomic mass is 10.1. The molecule has 0 fully saturated rings. The van der Waals surface area contributed by atoms with Crippen LogP contribution in [0.3, 0.4) is 0 Å². The molecule has 0 aliphatic heterocycles. The van der Waals surface area contributed by atoms with Crippen molar-refractivity contribution in [2.24, 2.45) is 5.73 Å². The molecule has 1 aromatic heterocycles. The quantitative estimate of drug-likeness (QED) is 0.713. The van der Waals surface area contributed by atoms with Gasteiger partial charge in [-0.1, -0.05) is 32.3 Å². The van der Waals surface area contributed by atoms with Crippen molar-refractivity contribution in [3.63, 3.8) is 0 Å². The maximum absolute atomic E-state index is 5.91. The van der Waals surface area contributed by atoms with Gasteiger partial charge in [0.25, 0.3) is 0 Å². The normalized spacial score (nSPS) is 14.2. The third kappa shape index (κ3) is 5.05. The van der Waals surface area contributed by atoms with Crippen LogP contribution in [0.25, 0.3) is 0 Å². The fourth-order valence-corrected chi connectivity index (χ4v) is 1.96. The number of hydrogen-bond acceptors (Lipinski definition) is 3. The lowest BCUT2D eigenvalue weighted by molar-refractivity contribution is 0.195. The van der Waals surface area contributed by atoms with Crippen molar-refractivity contribution >= 4 is 0 Å². The molecule has 1 heterocycles. The van der Waals surface area contributed by atoms with Crippen molar-refractivity contribution in [1.82, 2.24) is 4.98 Å². The average Bonchev–Trinajstić information content (AvgIpc) is 2.35. The van der Waals surface area contributed by atoms with Crippen molar-refractivity contribution in [3.05, 3.63) is 23.9 Å². The zero-order valence-corrected chi connectivity index (χ0v) is 11.9. The summed E-state index contributed by atoms with van der Waals surface area (Å²) in [5.41, 5.74) is 6.89. The molecule has 1 rings (SSSR count). The summed E-state index contributed by atoms with van der Waals surface area (Å²) in [5, 5.41) is 0. The molecule has 18 heavy (non-hydrogen) atoms. The molecule has 2 atom stereocenters. The largest absolute Gasteiger partial charge is 0.474 e. The summed E-state index contributed by atoms with van der Waals surface area (Å²) in [6, 6.07) is 3.84. The van der Waals surface area contributed by atoms with Crippen molar-refractivity contribution < 1.29 is 4.74 Å². The highest BCUT2D eigenvalue weighted by Crippen LogP contribution is 2.22. The molecular weight excluding hydrogens is 224 g/mol. The van der Waals surface area contributed by atoms with Crippen LogP contribution in [-0.4, -0.2) is 11.1 Å². The van der Waals surface area contributed by atoms with Crippen molar-refractivity contribution in [1.29, 1.82) is 0 Å². The highest BCUT2D eigenvalue weighted by Gasteiger charge is 2.11. The van der Waals surface area contributed by atoms with Crippen LogP contribution in [0.1, 0.15) is 64.5 Å². The molecule has 1 aromatic rings. The SMILES string of the molecule is CCCCCCC(C)Oc1ncccc1C(C)N. The van der Waals surface area contributed by atoms with Crippen LogP contribution >= 0.6 is 0 Å². The Balaban J connectivity index is 2.46. The highest BCUT2D eigenvalue weighted by atomic mass is 16.5. The van der Waals surface area contributed by atoms with E-state index in [1.807, 2.05) is 19.1 Å². The van der Waals surface area contributed by atoms with Gasteiger partial charge in [-0.05, 0) is 32.8 Å². The average molecular weight is 250 g/mol. The van der Waals surface area contributed by atoms with Crippen LogP contribution in [0.4, 0.5) is 0 Å². The lowest BCUT2D eigenvalue weighted by Crippen LogP contribution is -2.16. The van der Waals surface area contributed by atoms with Crippen molar-refractivity contribution in [2.75, 3.05) is 0 Å². The second-order valence-corrected chi connectivity index (χ2v) is 4.96. The van der Waals surface area contributed by atoms with E-state index in [0.29, 0.717) is 5.88 Å². The van der Waals surface area contributed by atoms with Crippen LogP contribution in [0.2, 0.25) is 0 Å². The van der Waals surface area contributed by atoms with Gasteiger partial charge in [-0.3, -0.25) is 0 Å². The Bertz CT molecular complexity index is 339. The Labute approximate surface area is 111 Å². The van der Waals surface area contributed by atoms with Crippen LogP contribution in [-0.2, 0) is 0 Å². The molecule has 0 aliphatic rings. The lowest BCUT2D eigenvalue weighted by Gasteiger charge is -2.17. The standard InChI is InChI=1S/C15H26N2O/c1-4-5-6-7-9-12(2)18-15-14(13(3)16)10-8-11-17-15/h8,10-13H,4-7,9,16H2,1-3H3. The maximum Gasteiger partial charge on any atom is 0.218 e. The molecule has 0 bridgehead atoms. The van der Waals surface area contributed by atoms with Crippen LogP contribution in [0.5, 0.6) is 5.88 Å². The minimum Gasteiger partial charge on any atom is -0.474 e. The number of unbranched alkanes of at least 4 members (excludes halogenated alkanes) is 3. The van der Waals surface area contributed by atoms with Gasteiger partial charge in [-0.25, -0.2) is 4.98 Å². The Morgan fingerprint density at radius 3 is 2.72 bits per heavy atom. The van der Waals surface area contributed by atoms with Gasteiger partial charge in [0.1, 0.15) is 0 Å².